The Labute approximate surface area is 157 Å². The van der Waals surface area contributed by atoms with E-state index in [-0.39, 0.29) is 18.0 Å². The fraction of sp³-hybridized carbons (Fsp3) is 0.368. The van der Waals surface area contributed by atoms with E-state index in [9.17, 15) is 9.59 Å². The van der Waals surface area contributed by atoms with E-state index in [0.717, 1.165) is 5.76 Å². The topological polar surface area (TPSA) is 93.0 Å². The third-order valence-corrected chi connectivity index (χ3v) is 4.15. The highest BCUT2D eigenvalue weighted by molar-refractivity contribution is 5.89. The van der Waals surface area contributed by atoms with Crippen LogP contribution in [0, 0.1) is 0 Å². The molecular weight excluding hydrogens is 350 g/mol. The molecule has 2 heterocycles. The lowest BCUT2D eigenvalue weighted by Gasteiger charge is -2.32. The molecule has 0 bridgehead atoms. The number of ether oxygens (including phenoxy) is 2. The smallest absolute Gasteiger partial charge is 0.319 e. The third-order valence-electron chi connectivity index (χ3n) is 4.15. The lowest BCUT2D eigenvalue weighted by atomic mass is 10.2. The maximum absolute atomic E-state index is 12.0. The maximum atomic E-state index is 12.0. The molecule has 1 aliphatic heterocycles. The van der Waals surface area contributed by atoms with Crippen LogP contribution in [0.15, 0.2) is 47.1 Å². The van der Waals surface area contributed by atoms with Crippen LogP contribution in [0.5, 0.6) is 5.75 Å². The molecule has 3 amide bonds. The van der Waals surface area contributed by atoms with Crippen molar-refractivity contribution in [1.29, 1.82) is 0 Å². The first kappa shape index (κ1) is 18.8. The van der Waals surface area contributed by atoms with Gasteiger partial charge in [-0.25, -0.2) is 4.79 Å². The molecule has 0 unspecified atom stereocenters. The summed E-state index contributed by atoms with van der Waals surface area (Å²) < 4.78 is 16.4. The number of carbonyl (C=O) groups is 2. The zero-order valence-corrected chi connectivity index (χ0v) is 15.1. The molecule has 0 aliphatic carbocycles. The van der Waals surface area contributed by atoms with Gasteiger partial charge in [0.1, 0.15) is 18.1 Å². The number of hydrogen-bond donors (Lipinski definition) is 2. The van der Waals surface area contributed by atoms with Crippen LogP contribution in [-0.4, -0.2) is 49.2 Å². The minimum absolute atomic E-state index is 0.0158. The zero-order valence-electron chi connectivity index (χ0n) is 15.1. The summed E-state index contributed by atoms with van der Waals surface area (Å²) in [6.07, 6.45) is 1.39. The number of nitrogens with one attached hydrogen (secondary N) is 2. The first-order valence-electron chi connectivity index (χ1n) is 8.77. The summed E-state index contributed by atoms with van der Waals surface area (Å²) in [5, 5.41) is 5.51. The second kappa shape index (κ2) is 9.09. The SMILES string of the molecule is CC(=O)N1CCO[C@H](CNC(=O)Nc2ccc(OCc3ccco3)cc2)C1. The molecule has 1 fully saturated rings. The Morgan fingerprint density at radius 3 is 2.78 bits per heavy atom. The van der Waals surface area contributed by atoms with E-state index in [0.29, 0.717) is 44.3 Å². The van der Waals surface area contributed by atoms with Gasteiger partial charge in [-0.3, -0.25) is 4.79 Å². The lowest BCUT2D eigenvalue weighted by molar-refractivity contribution is -0.136. The second-order valence-corrected chi connectivity index (χ2v) is 6.19. The van der Waals surface area contributed by atoms with Gasteiger partial charge in [0.2, 0.25) is 5.91 Å². The van der Waals surface area contributed by atoms with E-state index in [1.807, 2.05) is 6.07 Å². The zero-order chi connectivity index (χ0) is 19.1. The van der Waals surface area contributed by atoms with Crippen molar-refractivity contribution in [3.8, 4) is 5.75 Å². The molecule has 1 atom stereocenters. The first-order valence-corrected chi connectivity index (χ1v) is 8.77. The molecule has 1 aliphatic rings. The Kier molecular flexibility index (Phi) is 6.32. The minimum atomic E-state index is -0.331. The molecule has 3 rings (SSSR count). The first-order chi connectivity index (χ1) is 13.1. The molecule has 8 nitrogen and oxygen atoms in total. The molecule has 1 aromatic heterocycles. The summed E-state index contributed by atoms with van der Waals surface area (Å²) in [5.41, 5.74) is 0.646. The van der Waals surface area contributed by atoms with E-state index in [2.05, 4.69) is 10.6 Å². The molecule has 1 saturated heterocycles. The van der Waals surface area contributed by atoms with Crippen molar-refractivity contribution >= 4 is 17.6 Å². The van der Waals surface area contributed by atoms with Crippen molar-refractivity contribution < 1.29 is 23.5 Å². The van der Waals surface area contributed by atoms with E-state index < -0.39 is 0 Å². The second-order valence-electron chi connectivity index (χ2n) is 6.19. The molecule has 0 saturated carbocycles. The molecule has 2 N–H and O–H groups in total. The number of anilines is 1. The van der Waals surface area contributed by atoms with Crippen LogP contribution in [0.25, 0.3) is 0 Å². The summed E-state index contributed by atoms with van der Waals surface area (Å²) in [7, 11) is 0. The number of carbonyl (C=O) groups excluding carboxylic acids is 2. The maximum Gasteiger partial charge on any atom is 0.319 e. The Morgan fingerprint density at radius 1 is 1.26 bits per heavy atom. The monoisotopic (exact) mass is 373 g/mol. The van der Waals surface area contributed by atoms with Crippen LogP contribution in [-0.2, 0) is 16.1 Å². The predicted octanol–water partition coefficient (Wildman–Crippen LogP) is 2.23. The van der Waals surface area contributed by atoms with Gasteiger partial charge in [-0.1, -0.05) is 0 Å². The van der Waals surface area contributed by atoms with Gasteiger partial charge < -0.3 is 29.4 Å². The quantitative estimate of drug-likeness (QED) is 0.810. The van der Waals surface area contributed by atoms with Crippen LogP contribution in [0.4, 0.5) is 10.5 Å². The average Bonchev–Trinajstić information content (AvgIpc) is 3.20. The van der Waals surface area contributed by atoms with Gasteiger partial charge in [-0.05, 0) is 36.4 Å². The van der Waals surface area contributed by atoms with E-state index in [1.165, 1.54) is 6.92 Å². The highest BCUT2D eigenvalue weighted by atomic mass is 16.5. The molecule has 2 aromatic rings. The standard InChI is InChI=1S/C19H23N3O5/c1-14(23)22-8-10-26-18(12-22)11-20-19(24)21-15-4-6-16(7-5-15)27-13-17-3-2-9-25-17/h2-7,9,18H,8,10-13H2,1H3,(H2,20,21,24)/t18-/m1/s1. The van der Waals surface area contributed by atoms with Gasteiger partial charge in [0.25, 0.3) is 0 Å². The summed E-state index contributed by atoms with van der Waals surface area (Å²) in [6.45, 7) is 3.76. The highest BCUT2D eigenvalue weighted by Crippen LogP contribution is 2.17. The average molecular weight is 373 g/mol. The predicted molar refractivity (Wildman–Crippen MR) is 98.5 cm³/mol. The number of amides is 3. The number of furan rings is 1. The van der Waals surface area contributed by atoms with Crippen molar-refractivity contribution in [1.82, 2.24) is 10.2 Å². The lowest BCUT2D eigenvalue weighted by Crippen LogP contribution is -2.49. The van der Waals surface area contributed by atoms with Gasteiger partial charge in [0.15, 0.2) is 0 Å². The summed E-state index contributed by atoms with van der Waals surface area (Å²) in [5.74, 6) is 1.43. The van der Waals surface area contributed by atoms with Crippen LogP contribution in [0.1, 0.15) is 12.7 Å². The summed E-state index contributed by atoms with van der Waals surface area (Å²) in [4.78, 5) is 25.2. The molecule has 1 aromatic carbocycles. The van der Waals surface area contributed by atoms with Crippen molar-refractivity contribution in [2.24, 2.45) is 0 Å². The fourth-order valence-corrected chi connectivity index (χ4v) is 2.69. The largest absolute Gasteiger partial charge is 0.486 e. The number of nitrogens with zero attached hydrogens (tertiary/aromatic N) is 1. The number of benzene rings is 1. The Morgan fingerprint density at radius 2 is 2.07 bits per heavy atom. The van der Waals surface area contributed by atoms with Crippen LogP contribution < -0.4 is 15.4 Å². The fourth-order valence-electron chi connectivity index (χ4n) is 2.69. The normalized spacial score (nSPS) is 16.6. The van der Waals surface area contributed by atoms with Gasteiger partial charge in [0, 0.05) is 32.2 Å². The Hall–Kier alpha value is -3.00. The van der Waals surface area contributed by atoms with Gasteiger partial charge in [-0.2, -0.15) is 0 Å². The van der Waals surface area contributed by atoms with Crippen molar-refractivity contribution in [3.63, 3.8) is 0 Å². The molecule has 0 radical (unpaired) electrons. The van der Waals surface area contributed by atoms with Crippen molar-refractivity contribution in [3.05, 3.63) is 48.4 Å². The van der Waals surface area contributed by atoms with Crippen molar-refractivity contribution in [2.75, 3.05) is 31.6 Å². The van der Waals surface area contributed by atoms with Crippen LogP contribution >= 0.6 is 0 Å². The number of hydrogen-bond acceptors (Lipinski definition) is 5. The molecule has 27 heavy (non-hydrogen) atoms. The molecule has 8 heteroatoms. The number of urea groups is 1. The number of rotatable bonds is 6. The van der Waals surface area contributed by atoms with E-state index in [4.69, 9.17) is 13.9 Å². The van der Waals surface area contributed by atoms with Crippen LogP contribution in [0.3, 0.4) is 0 Å². The van der Waals surface area contributed by atoms with Crippen molar-refractivity contribution in [2.45, 2.75) is 19.6 Å². The number of morpholine rings is 1. The third kappa shape index (κ3) is 5.75. The molecule has 144 valence electrons. The van der Waals surface area contributed by atoms with Crippen LogP contribution in [0.2, 0.25) is 0 Å². The summed E-state index contributed by atoms with van der Waals surface area (Å²) >= 11 is 0. The van der Waals surface area contributed by atoms with Gasteiger partial charge >= 0.3 is 6.03 Å². The van der Waals surface area contributed by atoms with E-state index in [1.54, 1.807) is 41.5 Å². The molecular formula is C19H23N3O5. The summed E-state index contributed by atoms with van der Waals surface area (Å²) in [6, 6.07) is 10.4. The highest BCUT2D eigenvalue weighted by Gasteiger charge is 2.22. The van der Waals surface area contributed by atoms with Gasteiger partial charge in [-0.15, -0.1) is 0 Å². The Balaban J connectivity index is 1.40. The Bertz CT molecular complexity index is 745. The van der Waals surface area contributed by atoms with E-state index >= 15 is 0 Å². The molecule has 0 spiro atoms. The minimum Gasteiger partial charge on any atom is -0.486 e. The van der Waals surface area contributed by atoms with Gasteiger partial charge in [0.05, 0.1) is 19.0 Å².